The number of hydrogen-bond acceptors (Lipinski definition) is 2. The zero-order valence-corrected chi connectivity index (χ0v) is 10.6. The molecule has 1 fully saturated rings. The Morgan fingerprint density at radius 3 is 2.50 bits per heavy atom. The molecule has 0 amide bonds. The summed E-state index contributed by atoms with van der Waals surface area (Å²) >= 11 is 0. The monoisotopic (exact) mass is 212 g/mol. The molecule has 0 saturated carbocycles. The van der Waals surface area contributed by atoms with E-state index in [1.54, 1.807) is 0 Å². The highest BCUT2D eigenvalue weighted by molar-refractivity contribution is 6.83. The Kier molecular flexibility index (Phi) is 3.41. The fraction of sp³-hybridized carbons (Fsp3) is 0.818. The SMILES string of the molecule is C[C@]1(CO)O[C@H]1CCC#C[Si](C)(C)C. The van der Waals surface area contributed by atoms with Crippen LogP contribution in [0.15, 0.2) is 0 Å². The van der Waals surface area contributed by atoms with Gasteiger partial charge in [0.05, 0.1) is 12.7 Å². The van der Waals surface area contributed by atoms with E-state index in [0.717, 1.165) is 12.8 Å². The number of ether oxygens (including phenoxy) is 1. The highest BCUT2D eigenvalue weighted by Crippen LogP contribution is 2.38. The highest BCUT2D eigenvalue weighted by atomic mass is 28.3. The average molecular weight is 212 g/mol. The van der Waals surface area contributed by atoms with Crippen molar-refractivity contribution in [2.45, 2.75) is 51.1 Å². The van der Waals surface area contributed by atoms with Crippen molar-refractivity contribution in [2.24, 2.45) is 0 Å². The minimum Gasteiger partial charge on any atom is -0.393 e. The lowest BCUT2D eigenvalue weighted by atomic mass is 10.1. The first-order valence-corrected chi connectivity index (χ1v) is 8.66. The summed E-state index contributed by atoms with van der Waals surface area (Å²) in [5.74, 6) is 3.21. The van der Waals surface area contributed by atoms with Gasteiger partial charge in [-0.05, 0) is 13.3 Å². The summed E-state index contributed by atoms with van der Waals surface area (Å²) in [6.07, 6.45) is 2.07. The summed E-state index contributed by atoms with van der Waals surface area (Å²) in [5.41, 5.74) is 3.06. The minimum absolute atomic E-state index is 0.124. The van der Waals surface area contributed by atoms with Crippen LogP contribution in [0.5, 0.6) is 0 Å². The molecule has 1 saturated heterocycles. The van der Waals surface area contributed by atoms with Crippen molar-refractivity contribution < 1.29 is 9.84 Å². The van der Waals surface area contributed by atoms with Gasteiger partial charge in [0, 0.05) is 6.42 Å². The molecule has 2 atom stereocenters. The van der Waals surface area contributed by atoms with E-state index in [2.05, 4.69) is 31.1 Å². The zero-order chi connectivity index (χ0) is 10.8. The van der Waals surface area contributed by atoms with Crippen LogP contribution in [-0.2, 0) is 4.74 Å². The number of aliphatic hydroxyl groups excluding tert-OH is 1. The molecule has 0 aromatic heterocycles. The highest BCUT2D eigenvalue weighted by Gasteiger charge is 2.50. The van der Waals surface area contributed by atoms with E-state index in [1.807, 2.05) is 6.92 Å². The van der Waals surface area contributed by atoms with Gasteiger partial charge in [0.15, 0.2) is 0 Å². The Hall–Kier alpha value is -0.303. The molecule has 1 heterocycles. The molecule has 0 radical (unpaired) electrons. The summed E-state index contributed by atoms with van der Waals surface area (Å²) in [7, 11) is -1.20. The molecule has 0 aliphatic carbocycles. The Morgan fingerprint density at radius 1 is 1.43 bits per heavy atom. The average Bonchev–Trinajstić information content (AvgIpc) is 2.71. The van der Waals surface area contributed by atoms with Crippen molar-refractivity contribution in [3.63, 3.8) is 0 Å². The molecule has 1 rings (SSSR count). The van der Waals surface area contributed by atoms with Gasteiger partial charge in [0.2, 0.25) is 0 Å². The Morgan fingerprint density at radius 2 is 2.07 bits per heavy atom. The van der Waals surface area contributed by atoms with Crippen LogP contribution in [0.1, 0.15) is 19.8 Å². The van der Waals surface area contributed by atoms with Crippen molar-refractivity contribution in [1.29, 1.82) is 0 Å². The Bertz CT molecular complexity index is 259. The van der Waals surface area contributed by atoms with Crippen LogP contribution >= 0.6 is 0 Å². The molecule has 0 aromatic rings. The third-order valence-electron chi connectivity index (χ3n) is 2.34. The molecule has 14 heavy (non-hydrogen) atoms. The van der Waals surface area contributed by atoms with E-state index in [1.165, 1.54) is 0 Å². The molecule has 1 aliphatic heterocycles. The van der Waals surface area contributed by atoms with E-state index in [9.17, 15) is 0 Å². The lowest BCUT2D eigenvalue weighted by Gasteiger charge is -2.03. The largest absolute Gasteiger partial charge is 0.393 e. The van der Waals surface area contributed by atoms with Gasteiger partial charge < -0.3 is 9.84 Å². The van der Waals surface area contributed by atoms with Crippen LogP contribution in [0.2, 0.25) is 19.6 Å². The summed E-state index contributed by atoms with van der Waals surface area (Å²) in [6.45, 7) is 8.80. The summed E-state index contributed by atoms with van der Waals surface area (Å²) in [6, 6.07) is 0. The predicted octanol–water partition coefficient (Wildman–Crippen LogP) is 1.80. The molecule has 1 aliphatic rings. The van der Waals surface area contributed by atoms with Gasteiger partial charge in [0.25, 0.3) is 0 Å². The van der Waals surface area contributed by atoms with Gasteiger partial charge in [-0.2, -0.15) is 0 Å². The van der Waals surface area contributed by atoms with Crippen molar-refractivity contribution in [3.05, 3.63) is 0 Å². The second-order valence-corrected chi connectivity index (χ2v) is 9.92. The normalized spacial score (nSPS) is 30.8. The topological polar surface area (TPSA) is 32.8 Å². The maximum atomic E-state index is 8.97. The quantitative estimate of drug-likeness (QED) is 0.439. The first-order chi connectivity index (χ1) is 6.37. The van der Waals surface area contributed by atoms with E-state index < -0.39 is 8.07 Å². The van der Waals surface area contributed by atoms with E-state index in [-0.39, 0.29) is 18.3 Å². The van der Waals surface area contributed by atoms with E-state index in [4.69, 9.17) is 9.84 Å². The molecular weight excluding hydrogens is 192 g/mol. The summed E-state index contributed by atoms with van der Waals surface area (Å²) < 4.78 is 5.38. The molecular formula is C11H20O2Si. The number of rotatable bonds is 3. The van der Waals surface area contributed by atoms with Crippen molar-refractivity contribution in [3.8, 4) is 11.5 Å². The molecule has 2 nitrogen and oxygen atoms in total. The second-order valence-electron chi connectivity index (χ2n) is 5.17. The fourth-order valence-electron chi connectivity index (χ4n) is 1.33. The standard InChI is InChI=1S/C11H20O2Si/c1-11(9-12)10(13-11)7-5-6-8-14(2,3)4/h10,12H,5,7,9H2,1-4H3/t10-,11+/m0/s1. The lowest BCUT2D eigenvalue weighted by Crippen LogP contribution is -2.16. The third-order valence-corrected chi connectivity index (χ3v) is 3.27. The van der Waals surface area contributed by atoms with Gasteiger partial charge in [0.1, 0.15) is 13.7 Å². The van der Waals surface area contributed by atoms with Crippen LogP contribution in [-0.4, -0.2) is 31.5 Å². The summed E-state index contributed by atoms with van der Waals surface area (Å²) in [4.78, 5) is 0. The van der Waals surface area contributed by atoms with Crippen molar-refractivity contribution in [1.82, 2.24) is 0 Å². The van der Waals surface area contributed by atoms with Gasteiger partial charge in [-0.15, -0.1) is 11.5 Å². The van der Waals surface area contributed by atoms with E-state index >= 15 is 0 Å². The molecule has 80 valence electrons. The zero-order valence-electron chi connectivity index (χ0n) is 9.55. The van der Waals surface area contributed by atoms with Crippen LogP contribution in [0.25, 0.3) is 0 Å². The predicted molar refractivity (Wildman–Crippen MR) is 60.7 cm³/mol. The van der Waals surface area contributed by atoms with Crippen LogP contribution < -0.4 is 0 Å². The molecule has 1 N–H and O–H groups in total. The van der Waals surface area contributed by atoms with Crippen LogP contribution in [0.3, 0.4) is 0 Å². The fourth-order valence-corrected chi connectivity index (χ4v) is 1.98. The van der Waals surface area contributed by atoms with Crippen molar-refractivity contribution in [2.75, 3.05) is 6.61 Å². The second kappa shape index (κ2) is 4.06. The number of aliphatic hydroxyl groups is 1. The maximum absolute atomic E-state index is 8.97. The first kappa shape index (κ1) is 11.8. The molecule has 0 spiro atoms. The molecule has 0 bridgehead atoms. The Labute approximate surface area is 87.7 Å². The van der Waals surface area contributed by atoms with Crippen molar-refractivity contribution >= 4 is 8.07 Å². The molecule has 0 unspecified atom stereocenters. The van der Waals surface area contributed by atoms with E-state index in [0.29, 0.717) is 0 Å². The Balaban J connectivity index is 2.21. The van der Waals surface area contributed by atoms with Gasteiger partial charge in [-0.1, -0.05) is 19.6 Å². The van der Waals surface area contributed by atoms with Gasteiger partial charge in [-0.3, -0.25) is 0 Å². The summed E-state index contributed by atoms with van der Waals surface area (Å²) in [5, 5.41) is 8.97. The van der Waals surface area contributed by atoms with Gasteiger partial charge in [-0.25, -0.2) is 0 Å². The number of hydrogen-bond donors (Lipinski definition) is 1. The first-order valence-electron chi connectivity index (χ1n) is 5.16. The molecule has 0 aromatic carbocycles. The molecule has 3 heteroatoms. The minimum atomic E-state index is -1.20. The maximum Gasteiger partial charge on any atom is 0.129 e. The smallest absolute Gasteiger partial charge is 0.129 e. The number of epoxide rings is 1. The third kappa shape index (κ3) is 3.45. The lowest BCUT2D eigenvalue weighted by molar-refractivity contribution is 0.184. The van der Waals surface area contributed by atoms with Gasteiger partial charge >= 0.3 is 0 Å². The van der Waals surface area contributed by atoms with Crippen LogP contribution in [0, 0.1) is 11.5 Å². The van der Waals surface area contributed by atoms with Crippen LogP contribution in [0.4, 0.5) is 0 Å².